The van der Waals surface area contributed by atoms with Gasteiger partial charge in [0.05, 0.1) is 19.0 Å². The Labute approximate surface area is 83.3 Å². The van der Waals surface area contributed by atoms with E-state index >= 15 is 0 Å². The molecule has 0 spiro atoms. The van der Waals surface area contributed by atoms with E-state index in [-0.39, 0.29) is 0 Å². The third-order valence-corrected chi connectivity index (χ3v) is 1.41. The van der Waals surface area contributed by atoms with E-state index in [0.29, 0.717) is 31.5 Å². The topological polar surface area (TPSA) is 70.3 Å². The van der Waals surface area contributed by atoms with Crippen LogP contribution < -0.4 is 15.2 Å². The Morgan fingerprint density at radius 1 is 1.21 bits per heavy atom. The van der Waals surface area contributed by atoms with E-state index < -0.39 is 0 Å². The van der Waals surface area contributed by atoms with Crippen LogP contribution >= 0.6 is 0 Å². The lowest BCUT2D eigenvalue weighted by Gasteiger charge is -2.05. The summed E-state index contributed by atoms with van der Waals surface area (Å²) in [6, 6.07) is 0. The van der Waals surface area contributed by atoms with Gasteiger partial charge in [0.25, 0.3) is 0 Å². The summed E-state index contributed by atoms with van der Waals surface area (Å²) in [7, 11) is 0. The molecule has 0 atom stereocenters. The summed E-state index contributed by atoms with van der Waals surface area (Å²) in [4.78, 5) is 8.02. The quantitative estimate of drug-likeness (QED) is 0.723. The molecule has 0 aliphatic heterocycles. The Morgan fingerprint density at radius 3 is 2.43 bits per heavy atom. The number of hydrogen-bond donors (Lipinski definition) is 1. The molecule has 0 radical (unpaired) electrons. The van der Waals surface area contributed by atoms with Gasteiger partial charge in [-0.25, -0.2) is 0 Å². The van der Waals surface area contributed by atoms with Crippen molar-refractivity contribution < 1.29 is 9.47 Å². The van der Waals surface area contributed by atoms with Gasteiger partial charge >= 0.3 is 0 Å². The summed E-state index contributed by atoms with van der Waals surface area (Å²) in [6.45, 7) is 3.56. The maximum atomic E-state index is 5.29. The van der Waals surface area contributed by atoms with Crippen molar-refractivity contribution in [1.82, 2.24) is 9.97 Å². The van der Waals surface area contributed by atoms with Gasteiger partial charge in [0.15, 0.2) is 0 Å². The van der Waals surface area contributed by atoms with Crippen molar-refractivity contribution >= 4 is 0 Å². The van der Waals surface area contributed by atoms with Crippen LogP contribution in [0.4, 0.5) is 0 Å². The monoisotopic (exact) mass is 197 g/mol. The summed E-state index contributed by atoms with van der Waals surface area (Å²) in [5.41, 5.74) is 5.29. The van der Waals surface area contributed by atoms with Crippen molar-refractivity contribution in [3.63, 3.8) is 0 Å². The Kier molecular flexibility index (Phi) is 4.71. The number of rotatable bonds is 6. The molecule has 5 nitrogen and oxygen atoms in total. The van der Waals surface area contributed by atoms with Crippen LogP contribution in [-0.2, 0) is 0 Å². The minimum absolute atomic E-state index is 0.436. The number of nitrogens with two attached hydrogens (primary N) is 1. The first-order chi connectivity index (χ1) is 6.86. The van der Waals surface area contributed by atoms with E-state index in [2.05, 4.69) is 9.97 Å². The number of ether oxygens (including phenoxy) is 2. The van der Waals surface area contributed by atoms with Crippen molar-refractivity contribution in [2.45, 2.75) is 13.3 Å². The highest BCUT2D eigenvalue weighted by Crippen LogP contribution is 2.10. The molecule has 78 valence electrons. The first-order valence-corrected chi connectivity index (χ1v) is 4.64. The SMILES string of the molecule is CCCOc1cncc(OCCN)n1. The zero-order chi connectivity index (χ0) is 10.2. The van der Waals surface area contributed by atoms with Crippen LogP contribution in [0.1, 0.15) is 13.3 Å². The average Bonchev–Trinajstić information content (AvgIpc) is 2.24. The first-order valence-electron chi connectivity index (χ1n) is 4.64. The predicted octanol–water partition coefficient (Wildman–Crippen LogP) is 0.603. The van der Waals surface area contributed by atoms with Gasteiger partial charge in [-0.3, -0.25) is 4.98 Å². The van der Waals surface area contributed by atoms with Crippen molar-refractivity contribution in [3.8, 4) is 11.8 Å². The molecule has 0 fully saturated rings. The van der Waals surface area contributed by atoms with Gasteiger partial charge in [-0.1, -0.05) is 6.92 Å². The Morgan fingerprint density at radius 2 is 1.86 bits per heavy atom. The molecular weight excluding hydrogens is 182 g/mol. The van der Waals surface area contributed by atoms with Gasteiger partial charge in [0.1, 0.15) is 6.61 Å². The van der Waals surface area contributed by atoms with Gasteiger partial charge in [0, 0.05) is 6.54 Å². The summed E-state index contributed by atoms with van der Waals surface area (Å²) in [5.74, 6) is 0.936. The van der Waals surface area contributed by atoms with Gasteiger partial charge in [0.2, 0.25) is 11.8 Å². The van der Waals surface area contributed by atoms with Crippen LogP contribution in [0.5, 0.6) is 11.8 Å². The molecule has 1 aromatic rings. The van der Waals surface area contributed by atoms with E-state index in [1.54, 1.807) is 6.20 Å². The maximum Gasteiger partial charge on any atom is 0.235 e. The van der Waals surface area contributed by atoms with E-state index in [9.17, 15) is 0 Å². The Hall–Kier alpha value is -1.36. The summed E-state index contributed by atoms with van der Waals surface area (Å²) >= 11 is 0. The second-order valence-electron chi connectivity index (χ2n) is 2.68. The maximum absolute atomic E-state index is 5.29. The molecular formula is C9H15N3O2. The molecule has 0 unspecified atom stereocenters. The minimum atomic E-state index is 0.436. The van der Waals surface area contributed by atoms with E-state index in [1.807, 2.05) is 6.92 Å². The molecule has 5 heteroatoms. The smallest absolute Gasteiger partial charge is 0.235 e. The fourth-order valence-corrected chi connectivity index (χ4v) is 0.840. The molecule has 1 heterocycles. The largest absolute Gasteiger partial charge is 0.477 e. The van der Waals surface area contributed by atoms with Crippen LogP contribution in [-0.4, -0.2) is 29.7 Å². The Bertz CT molecular complexity index is 245. The molecule has 0 saturated carbocycles. The Balaban J connectivity index is 2.50. The standard InChI is InChI=1S/C9H15N3O2/c1-2-4-13-8-6-11-7-9(12-8)14-5-3-10/h6-7H,2-5,10H2,1H3. The third-order valence-electron chi connectivity index (χ3n) is 1.41. The van der Waals surface area contributed by atoms with Crippen molar-refractivity contribution in [2.75, 3.05) is 19.8 Å². The highest BCUT2D eigenvalue weighted by Gasteiger charge is 1.99. The second-order valence-corrected chi connectivity index (χ2v) is 2.68. The number of hydrogen-bond acceptors (Lipinski definition) is 5. The minimum Gasteiger partial charge on any atom is -0.477 e. The van der Waals surface area contributed by atoms with Crippen LogP contribution in [0.3, 0.4) is 0 Å². The highest BCUT2D eigenvalue weighted by molar-refractivity contribution is 5.12. The van der Waals surface area contributed by atoms with Gasteiger partial charge < -0.3 is 15.2 Å². The number of aromatic nitrogens is 2. The molecule has 0 saturated heterocycles. The van der Waals surface area contributed by atoms with E-state index in [0.717, 1.165) is 6.42 Å². The third kappa shape index (κ3) is 3.57. The normalized spacial score (nSPS) is 9.86. The van der Waals surface area contributed by atoms with Crippen molar-refractivity contribution in [2.24, 2.45) is 5.73 Å². The average molecular weight is 197 g/mol. The molecule has 1 rings (SSSR count). The summed E-state index contributed by atoms with van der Waals surface area (Å²) < 4.78 is 10.5. The molecule has 1 aromatic heterocycles. The molecule has 0 amide bonds. The second kappa shape index (κ2) is 6.15. The van der Waals surface area contributed by atoms with Crippen LogP contribution in [0.2, 0.25) is 0 Å². The molecule has 0 aliphatic rings. The zero-order valence-corrected chi connectivity index (χ0v) is 8.27. The van der Waals surface area contributed by atoms with Crippen LogP contribution in [0.15, 0.2) is 12.4 Å². The lowest BCUT2D eigenvalue weighted by molar-refractivity contribution is 0.281. The fourth-order valence-electron chi connectivity index (χ4n) is 0.840. The van der Waals surface area contributed by atoms with E-state index in [1.165, 1.54) is 6.20 Å². The fraction of sp³-hybridized carbons (Fsp3) is 0.556. The van der Waals surface area contributed by atoms with Crippen molar-refractivity contribution in [3.05, 3.63) is 12.4 Å². The lowest BCUT2D eigenvalue weighted by Crippen LogP contribution is -2.11. The van der Waals surface area contributed by atoms with Gasteiger partial charge in [-0.2, -0.15) is 4.98 Å². The van der Waals surface area contributed by atoms with Gasteiger partial charge in [-0.05, 0) is 6.42 Å². The molecule has 14 heavy (non-hydrogen) atoms. The zero-order valence-electron chi connectivity index (χ0n) is 8.27. The molecule has 0 aliphatic carbocycles. The molecule has 0 aromatic carbocycles. The van der Waals surface area contributed by atoms with Crippen LogP contribution in [0.25, 0.3) is 0 Å². The van der Waals surface area contributed by atoms with Crippen LogP contribution in [0, 0.1) is 0 Å². The highest BCUT2D eigenvalue weighted by atomic mass is 16.5. The molecule has 2 N–H and O–H groups in total. The van der Waals surface area contributed by atoms with Gasteiger partial charge in [-0.15, -0.1) is 0 Å². The number of nitrogens with zero attached hydrogens (tertiary/aromatic N) is 2. The summed E-state index contributed by atoms with van der Waals surface area (Å²) in [6.07, 6.45) is 4.04. The van der Waals surface area contributed by atoms with E-state index in [4.69, 9.17) is 15.2 Å². The molecule has 0 bridgehead atoms. The van der Waals surface area contributed by atoms with Crippen molar-refractivity contribution in [1.29, 1.82) is 0 Å². The summed E-state index contributed by atoms with van der Waals surface area (Å²) in [5, 5.41) is 0. The predicted molar refractivity (Wildman–Crippen MR) is 52.4 cm³/mol. The first kappa shape index (κ1) is 10.7. The lowest BCUT2D eigenvalue weighted by atomic mass is 10.5.